The number of aromatic nitrogens is 3. The largest absolute Gasteiger partial charge is 0.504 e. The van der Waals surface area contributed by atoms with Crippen molar-refractivity contribution in [1.82, 2.24) is 14.5 Å². The van der Waals surface area contributed by atoms with E-state index in [9.17, 15) is 5.11 Å². The van der Waals surface area contributed by atoms with Crippen LogP contribution in [0.25, 0.3) is 81.5 Å². The van der Waals surface area contributed by atoms with Crippen molar-refractivity contribution >= 4 is 42.5 Å². The summed E-state index contributed by atoms with van der Waals surface area (Å²) >= 11 is 1.60. The number of pyridine rings is 1. The minimum absolute atomic E-state index is 0.0615. The maximum Gasteiger partial charge on any atom is 0.307 e. The van der Waals surface area contributed by atoms with Gasteiger partial charge in [-0.05, 0) is 94.5 Å². The van der Waals surface area contributed by atoms with Crippen LogP contribution in [0.4, 0.5) is 0 Å². The van der Waals surface area contributed by atoms with Gasteiger partial charge < -0.3 is 9.84 Å². The third kappa shape index (κ3) is 5.57. The van der Waals surface area contributed by atoms with Crippen molar-refractivity contribution in [3.8, 4) is 67.8 Å². The van der Waals surface area contributed by atoms with Gasteiger partial charge in [0.1, 0.15) is 5.52 Å². The van der Waals surface area contributed by atoms with E-state index in [1.807, 2.05) is 71.4 Å². The van der Waals surface area contributed by atoms with Crippen LogP contribution in [0.5, 0.6) is 17.5 Å². The summed E-state index contributed by atoms with van der Waals surface area (Å²) in [4.78, 5) is 10.1. The van der Waals surface area contributed by atoms with Crippen LogP contribution in [0.15, 0.2) is 182 Å². The molecule has 6 heteroatoms. The summed E-state index contributed by atoms with van der Waals surface area (Å²) in [6.45, 7) is 0. The summed E-state index contributed by atoms with van der Waals surface area (Å²) in [5, 5.41) is 13.4. The third-order valence-corrected chi connectivity index (χ3v) is 11.0. The molecule has 7 aromatic carbocycles. The Labute approximate surface area is 315 Å². The molecular weight excluding hydrogens is 683 g/mol. The molecule has 54 heavy (non-hydrogen) atoms. The predicted octanol–water partition coefficient (Wildman–Crippen LogP) is 13.0. The SMILES string of the molecule is Oc1ccc2c(sc3ccccc32)c1Oc1nc2c(-c3cc(-c4ccccc4)cc(-c4cc(-c5ccccc5)ccn4)c3)cccc2n1-c1ccccc1. The molecule has 0 unspecified atom stereocenters. The lowest BCUT2D eigenvalue weighted by Gasteiger charge is -2.13. The van der Waals surface area contributed by atoms with Gasteiger partial charge in [-0.15, -0.1) is 11.3 Å². The quantitative estimate of drug-likeness (QED) is 0.179. The highest BCUT2D eigenvalue weighted by Crippen LogP contribution is 2.46. The molecule has 1 N–H and O–H groups in total. The van der Waals surface area contributed by atoms with E-state index in [2.05, 4.69) is 109 Å². The second-order valence-corrected chi connectivity index (χ2v) is 14.2. The van der Waals surface area contributed by atoms with Gasteiger partial charge in [0.25, 0.3) is 0 Å². The van der Waals surface area contributed by atoms with Crippen LogP contribution in [0, 0.1) is 0 Å². The first kappa shape index (κ1) is 31.7. The van der Waals surface area contributed by atoms with E-state index in [1.54, 1.807) is 17.4 Å². The van der Waals surface area contributed by atoms with E-state index in [1.165, 1.54) is 0 Å². The lowest BCUT2D eigenvalue weighted by atomic mass is 9.93. The Bertz CT molecular complexity index is 2970. The number of ether oxygens (including phenoxy) is 1. The molecule has 0 aliphatic heterocycles. The summed E-state index contributed by atoms with van der Waals surface area (Å²) in [7, 11) is 0. The number of fused-ring (bicyclic) bond motifs is 4. The number of thiophene rings is 1. The monoisotopic (exact) mass is 713 g/mol. The van der Waals surface area contributed by atoms with Crippen molar-refractivity contribution in [1.29, 1.82) is 0 Å². The van der Waals surface area contributed by atoms with Crippen molar-refractivity contribution < 1.29 is 9.84 Å². The highest BCUT2D eigenvalue weighted by molar-refractivity contribution is 7.26. The zero-order valence-corrected chi connectivity index (χ0v) is 29.7. The number of phenols is 1. The van der Waals surface area contributed by atoms with Gasteiger partial charge in [0.05, 0.1) is 21.6 Å². The Morgan fingerprint density at radius 3 is 2.02 bits per heavy atom. The molecule has 0 aliphatic rings. The molecule has 0 saturated heterocycles. The standard InChI is InChI=1S/C48H31N3O2S/c52-43-24-23-40-39-19-10-11-22-44(39)54-47(40)46(43)53-48-50-45-38(20-12-21-42(45)51(48)37-17-8-3-9-18-37)35-27-34(32-15-6-2-7-16-32)28-36(29-35)41-30-33(25-26-49-41)31-13-4-1-5-14-31/h1-30,52H. The van der Waals surface area contributed by atoms with Crippen molar-refractivity contribution in [2.75, 3.05) is 0 Å². The van der Waals surface area contributed by atoms with Crippen LogP contribution in [0.2, 0.25) is 0 Å². The number of benzene rings is 7. The molecule has 5 nitrogen and oxygen atoms in total. The van der Waals surface area contributed by atoms with E-state index < -0.39 is 0 Å². The molecule has 3 aromatic heterocycles. The third-order valence-electron chi connectivity index (χ3n) is 9.86. The Kier molecular flexibility index (Phi) is 7.74. The Morgan fingerprint density at radius 2 is 1.22 bits per heavy atom. The molecule has 0 atom stereocenters. The van der Waals surface area contributed by atoms with Crippen LogP contribution in [0.3, 0.4) is 0 Å². The van der Waals surface area contributed by atoms with E-state index in [-0.39, 0.29) is 5.75 Å². The van der Waals surface area contributed by atoms with Crippen molar-refractivity contribution in [3.63, 3.8) is 0 Å². The van der Waals surface area contributed by atoms with Crippen molar-refractivity contribution in [2.45, 2.75) is 0 Å². The molecule has 0 spiro atoms. The summed E-state index contributed by atoms with van der Waals surface area (Å²) in [6.07, 6.45) is 1.88. The summed E-state index contributed by atoms with van der Waals surface area (Å²) in [5.74, 6) is 0.451. The minimum atomic E-state index is 0.0615. The molecule has 10 rings (SSSR count). The average Bonchev–Trinajstić information content (AvgIpc) is 3.81. The Hall–Kier alpha value is -7.02. The molecule has 10 aromatic rings. The summed E-state index contributed by atoms with van der Waals surface area (Å²) in [6, 6.07) is 60.3. The second-order valence-electron chi connectivity index (χ2n) is 13.2. The number of phenolic OH excluding ortho intramolecular Hbond substituents is 1. The van der Waals surface area contributed by atoms with Crippen LogP contribution in [-0.2, 0) is 0 Å². The van der Waals surface area contributed by atoms with Gasteiger partial charge in [-0.25, -0.2) is 0 Å². The highest BCUT2D eigenvalue weighted by Gasteiger charge is 2.22. The van der Waals surface area contributed by atoms with Gasteiger partial charge in [-0.2, -0.15) is 4.98 Å². The lowest BCUT2D eigenvalue weighted by Crippen LogP contribution is -1.98. The molecule has 0 radical (unpaired) electrons. The number of nitrogens with zero attached hydrogens (tertiary/aromatic N) is 3. The van der Waals surface area contributed by atoms with E-state index in [4.69, 9.17) is 14.7 Å². The van der Waals surface area contributed by atoms with Crippen LogP contribution in [-0.4, -0.2) is 19.6 Å². The topological polar surface area (TPSA) is 60.2 Å². The molecule has 0 saturated carbocycles. The summed E-state index contributed by atoms with van der Waals surface area (Å²) < 4.78 is 10.8. The van der Waals surface area contributed by atoms with Gasteiger partial charge in [-0.1, -0.05) is 109 Å². The minimum Gasteiger partial charge on any atom is -0.504 e. The zero-order chi connectivity index (χ0) is 36.0. The number of imidazole rings is 1. The molecule has 256 valence electrons. The first-order chi connectivity index (χ1) is 26.7. The fraction of sp³-hybridized carbons (Fsp3) is 0. The number of aromatic hydroxyl groups is 1. The smallest absolute Gasteiger partial charge is 0.307 e. The van der Waals surface area contributed by atoms with Crippen LogP contribution in [0.1, 0.15) is 0 Å². The molecule has 0 fully saturated rings. The Balaban J connectivity index is 1.18. The van der Waals surface area contributed by atoms with Gasteiger partial charge >= 0.3 is 6.01 Å². The molecule has 0 amide bonds. The number of rotatable bonds is 7. The van der Waals surface area contributed by atoms with Gasteiger partial charge in [0.2, 0.25) is 0 Å². The van der Waals surface area contributed by atoms with E-state index in [0.717, 1.165) is 81.5 Å². The highest BCUT2D eigenvalue weighted by atomic mass is 32.1. The second kappa shape index (κ2) is 13.2. The lowest BCUT2D eigenvalue weighted by molar-refractivity contribution is 0.394. The van der Waals surface area contributed by atoms with Gasteiger partial charge in [0.15, 0.2) is 11.5 Å². The predicted molar refractivity (Wildman–Crippen MR) is 222 cm³/mol. The normalized spacial score (nSPS) is 11.4. The number of para-hydroxylation sites is 2. The summed E-state index contributed by atoms with van der Waals surface area (Å²) in [5.41, 5.74) is 10.8. The molecule has 0 aliphatic carbocycles. The van der Waals surface area contributed by atoms with Gasteiger partial charge in [0, 0.05) is 32.8 Å². The molecule has 0 bridgehead atoms. The van der Waals surface area contributed by atoms with Crippen molar-refractivity contribution in [3.05, 3.63) is 182 Å². The molecular formula is C48H31N3O2S. The fourth-order valence-corrected chi connectivity index (χ4v) is 8.46. The fourth-order valence-electron chi connectivity index (χ4n) is 7.28. The van der Waals surface area contributed by atoms with Crippen LogP contribution >= 0.6 is 11.3 Å². The maximum absolute atomic E-state index is 11.3. The van der Waals surface area contributed by atoms with Crippen LogP contribution < -0.4 is 4.74 Å². The van der Waals surface area contributed by atoms with Crippen molar-refractivity contribution in [2.24, 2.45) is 0 Å². The first-order valence-corrected chi connectivity index (χ1v) is 18.6. The number of hydrogen-bond acceptors (Lipinski definition) is 5. The number of hydrogen-bond donors (Lipinski definition) is 1. The van der Waals surface area contributed by atoms with Gasteiger partial charge in [-0.3, -0.25) is 9.55 Å². The first-order valence-electron chi connectivity index (χ1n) is 17.8. The molecule has 3 heterocycles. The Morgan fingerprint density at radius 1 is 0.537 bits per heavy atom. The maximum atomic E-state index is 11.3. The van der Waals surface area contributed by atoms with E-state index >= 15 is 0 Å². The van der Waals surface area contributed by atoms with E-state index in [0.29, 0.717) is 11.8 Å². The zero-order valence-electron chi connectivity index (χ0n) is 28.9. The average molecular weight is 714 g/mol.